The fourth-order valence-electron chi connectivity index (χ4n) is 1.37. The molecular formula is C12H10N4O. The second-order valence-corrected chi connectivity index (χ2v) is 3.45. The van der Waals surface area contributed by atoms with Gasteiger partial charge in [-0.3, -0.25) is 0 Å². The first-order valence-electron chi connectivity index (χ1n) is 4.96. The van der Waals surface area contributed by atoms with Gasteiger partial charge in [0.15, 0.2) is 0 Å². The summed E-state index contributed by atoms with van der Waals surface area (Å²) in [6, 6.07) is 7.18. The normalized spacial score (nSPS) is 9.65. The molecule has 5 heteroatoms. The number of ether oxygens (including phenoxy) is 1. The van der Waals surface area contributed by atoms with Gasteiger partial charge in [-0.05, 0) is 30.7 Å². The fourth-order valence-corrected chi connectivity index (χ4v) is 1.37. The van der Waals surface area contributed by atoms with E-state index in [1.165, 1.54) is 12.4 Å². The van der Waals surface area contributed by atoms with E-state index < -0.39 is 0 Å². The molecule has 0 atom stereocenters. The zero-order chi connectivity index (χ0) is 12.3. The van der Waals surface area contributed by atoms with Crippen LogP contribution in [0.5, 0.6) is 11.6 Å². The molecule has 2 aromatic rings. The first-order valence-corrected chi connectivity index (χ1v) is 4.96. The molecule has 0 saturated carbocycles. The summed E-state index contributed by atoms with van der Waals surface area (Å²) >= 11 is 0. The quantitative estimate of drug-likeness (QED) is 0.792. The maximum atomic E-state index is 8.86. The van der Waals surface area contributed by atoms with E-state index in [2.05, 4.69) is 9.97 Å². The molecular weight excluding hydrogens is 216 g/mol. The molecule has 0 aliphatic carbocycles. The van der Waals surface area contributed by atoms with Crippen molar-refractivity contribution in [1.29, 1.82) is 5.26 Å². The van der Waals surface area contributed by atoms with Gasteiger partial charge in [0, 0.05) is 18.1 Å². The van der Waals surface area contributed by atoms with Crippen molar-refractivity contribution in [2.75, 3.05) is 5.73 Å². The highest BCUT2D eigenvalue weighted by atomic mass is 16.5. The van der Waals surface area contributed by atoms with Gasteiger partial charge in [0.25, 0.3) is 5.88 Å². The van der Waals surface area contributed by atoms with E-state index in [9.17, 15) is 0 Å². The average molecular weight is 226 g/mol. The first kappa shape index (κ1) is 10.9. The number of nitrogen functional groups attached to an aromatic ring is 1. The van der Waals surface area contributed by atoms with E-state index in [-0.39, 0.29) is 11.6 Å². The van der Waals surface area contributed by atoms with Crippen LogP contribution in [0.4, 0.5) is 5.69 Å². The number of benzene rings is 1. The van der Waals surface area contributed by atoms with Crippen molar-refractivity contribution >= 4 is 5.69 Å². The number of hydrogen-bond acceptors (Lipinski definition) is 5. The van der Waals surface area contributed by atoms with Gasteiger partial charge in [-0.2, -0.15) is 5.26 Å². The Morgan fingerprint density at radius 1 is 1.29 bits per heavy atom. The molecule has 2 N–H and O–H groups in total. The standard InChI is InChI=1S/C12H10N4O/c1-8-6-9(14)2-3-11(8)17-12-10(7-13)15-4-5-16-12/h2-6H,14H2,1H3. The summed E-state index contributed by atoms with van der Waals surface area (Å²) < 4.78 is 5.53. The summed E-state index contributed by atoms with van der Waals surface area (Å²) in [6.45, 7) is 1.87. The van der Waals surface area contributed by atoms with E-state index >= 15 is 0 Å². The van der Waals surface area contributed by atoms with E-state index in [0.717, 1.165) is 5.56 Å². The van der Waals surface area contributed by atoms with Crippen LogP contribution < -0.4 is 10.5 Å². The Morgan fingerprint density at radius 2 is 2.06 bits per heavy atom. The Hall–Kier alpha value is -2.61. The molecule has 0 spiro atoms. The molecule has 1 heterocycles. The minimum Gasteiger partial charge on any atom is -0.436 e. The number of nitriles is 1. The number of hydrogen-bond donors (Lipinski definition) is 1. The lowest BCUT2D eigenvalue weighted by Gasteiger charge is -2.08. The molecule has 0 amide bonds. The Morgan fingerprint density at radius 3 is 2.76 bits per heavy atom. The average Bonchev–Trinajstić information content (AvgIpc) is 2.33. The van der Waals surface area contributed by atoms with Crippen molar-refractivity contribution in [3.63, 3.8) is 0 Å². The summed E-state index contributed by atoms with van der Waals surface area (Å²) in [4.78, 5) is 7.84. The third kappa shape index (κ3) is 2.32. The summed E-state index contributed by atoms with van der Waals surface area (Å²) in [7, 11) is 0. The highest BCUT2D eigenvalue weighted by molar-refractivity contribution is 5.48. The number of aryl methyl sites for hydroxylation is 1. The van der Waals surface area contributed by atoms with E-state index in [1.807, 2.05) is 13.0 Å². The number of aromatic nitrogens is 2. The van der Waals surface area contributed by atoms with Crippen molar-refractivity contribution < 1.29 is 4.74 Å². The lowest BCUT2D eigenvalue weighted by Crippen LogP contribution is -1.96. The summed E-state index contributed by atoms with van der Waals surface area (Å²) in [5.41, 5.74) is 7.33. The molecule has 0 aliphatic rings. The smallest absolute Gasteiger partial charge is 0.256 e. The van der Waals surface area contributed by atoms with Crippen LogP contribution in [0.3, 0.4) is 0 Å². The highest BCUT2D eigenvalue weighted by Gasteiger charge is 2.08. The molecule has 0 saturated heterocycles. The van der Waals surface area contributed by atoms with Gasteiger partial charge in [-0.15, -0.1) is 0 Å². The minimum absolute atomic E-state index is 0.156. The van der Waals surface area contributed by atoms with Crippen LogP contribution in [-0.2, 0) is 0 Å². The predicted molar refractivity (Wildman–Crippen MR) is 62.4 cm³/mol. The Labute approximate surface area is 98.5 Å². The van der Waals surface area contributed by atoms with E-state index in [0.29, 0.717) is 11.4 Å². The Balaban J connectivity index is 2.35. The Bertz CT molecular complexity index is 589. The van der Waals surface area contributed by atoms with Crippen molar-refractivity contribution in [1.82, 2.24) is 9.97 Å². The molecule has 5 nitrogen and oxygen atoms in total. The summed E-state index contributed by atoms with van der Waals surface area (Å²) in [6.07, 6.45) is 2.92. The lowest BCUT2D eigenvalue weighted by atomic mass is 10.2. The summed E-state index contributed by atoms with van der Waals surface area (Å²) in [5, 5.41) is 8.86. The van der Waals surface area contributed by atoms with Gasteiger partial charge in [0.2, 0.25) is 5.69 Å². The van der Waals surface area contributed by atoms with Crippen LogP contribution >= 0.6 is 0 Å². The van der Waals surface area contributed by atoms with Crippen molar-refractivity contribution in [3.05, 3.63) is 41.9 Å². The molecule has 1 aromatic carbocycles. The van der Waals surface area contributed by atoms with Gasteiger partial charge < -0.3 is 10.5 Å². The molecule has 84 valence electrons. The largest absolute Gasteiger partial charge is 0.436 e. The second kappa shape index (κ2) is 4.49. The molecule has 17 heavy (non-hydrogen) atoms. The number of anilines is 1. The topological polar surface area (TPSA) is 84.8 Å². The fraction of sp³-hybridized carbons (Fsp3) is 0.0833. The van der Waals surface area contributed by atoms with Crippen LogP contribution in [0, 0.1) is 18.3 Å². The van der Waals surface area contributed by atoms with Gasteiger partial charge >= 0.3 is 0 Å². The van der Waals surface area contributed by atoms with Crippen LogP contribution in [0.1, 0.15) is 11.3 Å². The predicted octanol–water partition coefficient (Wildman–Crippen LogP) is 2.03. The third-order valence-corrected chi connectivity index (χ3v) is 2.18. The van der Waals surface area contributed by atoms with Crippen LogP contribution in [-0.4, -0.2) is 9.97 Å². The molecule has 0 bridgehead atoms. The molecule has 0 aliphatic heterocycles. The maximum absolute atomic E-state index is 8.86. The lowest BCUT2D eigenvalue weighted by molar-refractivity contribution is 0.455. The SMILES string of the molecule is Cc1cc(N)ccc1Oc1nccnc1C#N. The molecule has 0 radical (unpaired) electrons. The number of rotatable bonds is 2. The molecule has 0 fully saturated rings. The van der Waals surface area contributed by atoms with Crippen LogP contribution in [0.25, 0.3) is 0 Å². The molecule has 2 rings (SSSR count). The Kier molecular flexibility index (Phi) is 2.88. The zero-order valence-corrected chi connectivity index (χ0v) is 9.21. The van der Waals surface area contributed by atoms with Gasteiger partial charge in [-0.25, -0.2) is 9.97 Å². The van der Waals surface area contributed by atoms with Crippen molar-refractivity contribution in [3.8, 4) is 17.7 Å². The minimum atomic E-state index is 0.156. The number of nitrogens with two attached hydrogens (primary N) is 1. The van der Waals surface area contributed by atoms with Crippen LogP contribution in [0.2, 0.25) is 0 Å². The van der Waals surface area contributed by atoms with E-state index in [4.69, 9.17) is 15.7 Å². The van der Waals surface area contributed by atoms with Crippen molar-refractivity contribution in [2.24, 2.45) is 0 Å². The third-order valence-electron chi connectivity index (χ3n) is 2.18. The molecule has 1 aromatic heterocycles. The monoisotopic (exact) mass is 226 g/mol. The van der Waals surface area contributed by atoms with Crippen LogP contribution in [0.15, 0.2) is 30.6 Å². The van der Waals surface area contributed by atoms with Gasteiger partial charge in [0.05, 0.1) is 0 Å². The first-order chi connectivity index (χ1) is 8.20. The number of nitrogens with zero attached hydrogens (tertiary/aromatic N) is 3. The second-order valence-electron chi connectivity index (χ2n) is 3.45. The maximum Gasteiger partial charge on any atom is 0.256 e. The molecule has 0 unspecified atom stereocenters. The van der Waals surface area contributed by atoms with E-state index in [1.54, 1.807) is 18.2 Å². The van der Waals surface area contributed by atoms with Gasteiger partial charge in [-0.1, -0.05) is 0 Å². The summed E-state index contributed by atoms with van der Waals surface area (Å²) in [5.74, 6) is 0.805. The zero-order valence-electron chi connectivity index (χ0n) is 9.21. The van der Waals surface area contributed by atoms with Crippen molar-refractivity contribution in [2.45, 2.75) is 6.92 Å². The van der Waals surface area contributed by atoms with Gasteiger partial charge in [0.1, 0.15) is 11.8 Å². The highest BCUT2D eigenvalue weighted by Crippen LogP contribution is 2.26.